The van der Waals surface area contributed by atoms with Gasteiger partial charge in [0.2, 0.25) is 5.91 Å². The molecule has 1 amide bonds. The maximum Gasteiger partial charge on any atom is 0.236 e. The maximum atomic E-state index is 12.3. The molecule has 0 bridgehead atoms. The Bertz CT molecular complexity index is 500. The van der Waals surface area contributed by atoms with Gasteiger partial charge in [-0.25, -0.2) is 0 Å². The van der Waals surface area contributed by atoms with Crippen molar-refractivity contribution in [2.45, 2.75) is 32.7 Å². The predicted octanol–water partition coefficient (Wildman–Crippen LogP) is 2.30. The Morgan fingerprint density at radius 2 is 2.10 bits per heavy atom. The van der Waals surface area contributed by atoms with Crippen LogP contribution < -0.4 is 5.32 Å². The van der Waals surface area contributed by atoms with Crippen molar-refractivity contribution in [2.24, 2.45) is 5.92 Å². The van der Waals surface area contributed by atoms with Gasteiger partial charge in [0.25, 0.3) is 0 Å². The van der Waals surface area contributed by atoms with Crippen LogP contribution in [0, 0.1) is 17.2 Å². The van der Waals surface area contributed by atoms with Crippen molar-refractivity contribution in [1.82, 2.24) is 10.2 Å². The summed E-state index contributed by atoms with van der Waals surface area (Å²) in [4.78, 5) is 14.2. The number of nitriles is 1. The Labute approximate surface area is 126 Å². The summed E-state index contributed by atoms with van der Waals surface area (Å²) in [5.41, 5.74) is 1.72. The van der Waals surface area contributed by atoms with Crippen molar-refractivity contribution < 1.29 is 4.79 Å². The summed E-state index contributed by atoms with van der Waals surface area (Å²) in [6.45, 7) is 4.85. The molecule has 1 aromatic carbocycles. The molecule has 21 heavy (non-hydrogen) atoms. The zero-order chi connectivity index (χ0) is 15.1. The number of rotatable bonds is 8. The molecule has 1 aromatic rings. The van der Waals surface area contributed by atoms with Gasteiger partial charge in [-0.2, -0.15) is 5.26 Å². The zero-order valence-electron chi connectivity index (χ0n) is 12.6. The first-order chi connectivity index (χ1) is 10.2. The molecule has 0 aliphatic heterocycles. The highest BCUT2D eigenvalue weighted by molar-refractivity contribution is 5.78. The number of carbonyl (C=O) groups excluding carboxylic acids is 1. The van der Waals surface area contributed by atoms with E-state index in [0.717, 1.165) is 31.0 Å². The number of amides is 1. The third-order valence-electron chi connectivity index (χ3n) is 3.71. The number of nitrogens with zero attached hydrogens (tertiary/aromatic N) is 2. The molecule has 0 spiro atoms. The Hall–Kier alpha value is -1.86. The Morgan fingerprint density at radius 1 is 1.38 bits per heavy atom. The van der Waals surface area contributed by atoms with Crippen LogP contribution >= 0.6 is 0 Å². The van der Waals surface area contributed by atoms with E-state index >= 15 is 0 Å². The number of benzene rings is 1. The van der Waals surface area contributed by atoms with E-state index in [-0.39, 0.29) is 5.91 Å². The van der Waals surface area contributed by atoms with Gasteiger partial charge in [-0.1, -0.05) is 19.1 Å². The first kappa shape index (κ1) is 15.5. The minimum Gasteiger partial charge on any atom is -0.337 e. The standard InChI is InChI=1S/C17H23N3O/c1-2-9-20(17(21)12-19-11-15-5-6-15)13-16-7-3-14(10-18)4-8-16/h3-4,7-8,15,19H,2,5-6,9,11-13H2,1H3. The number of hydrogen-bond donors (Lipinski definition) is 1. The van der Waals surface area contributed by atoms with Gasteiger partial charge in [-0.3, -0.25) is 4.79 Å². The Balaban J connectivity index is 1.86. The molecule has 1 aliphatic carbocycles. The SMILES string of the molecule is CCCN(Cc1ccc(C#N)cc1)C(=O)CNCC1CC1. The van der Waals surface area contributed by atoms with Crippen LogP contribution in [0.15, 0.2) is 24.3 Å². The molecule has 0 atom stereocenters. The third-order valence-corrected chi connectivity index (χ3v) is 3.71. The second-order valence-electron chi connectivity index (χ2n) is 5.70. The quantitative estimate of drug-likeness (QED) is 0.797. The maximum absolute atomic E-state index is 12.3. The smallest absolute Gasteiger partial charge is 0.236 e. The van der Waals surface area contributed by atoms with E-state index in [2.05, 4.69) is 18.3 Å². The number of carbonyl (C=O) groups is 1. The van der Waals surface area contributed by atoms with Crippen molar-refractivity contribution in [3.05, 3.63) is 35.4 Å². The summed E-state index contributed by atoms with van der Waals surface area (Å²) in [5.74, 6) is 0.942. The lowest BCUT2D eigenvalue weighted by Gasteiger charge is -2.22. The summed E-state index contributed by atoms with van der Waals surface area (Å²) in [6.07, 6.45) is 3.54. The minimum absolute atomic E-state index is 0.154. The van der Waals surface area contributed by atoms with Crippen LogP contribution in [0.1, 0.15) is 37.3 Å². The van der Waals surface area contributed by atoms with Crippen LogP contribution in [-0.2, 0) is 11.3 Å². The summed E-state index contributed by atoms with van der Waals surface area (Å²) in [5, 5.41) is 12.1. The fraction of sp³-hybridized carbons (Fsp3) is 0.529. The van der Waals surface area contributed by atoms with Crippen LogP contribution in [0.25, 0.3) is 0 Å². The first-order valence-electron chi connectivity index (χ1n) is 7.70. The van der Waals surface area contributed by atoms with Gasteiger partial charge < -0.3 is 10.2 Å². The third kappa shape index (κ3) is 5.20. The second-order valence-corrected chi connectivity index (χ2v) is 5.70. The first-order valence-corrected chi connectivity index (χ1v) is 7.70. The Kier molecular flexibility index (Phi) is 5.77. The molecule has 1 N–H and O–H groups in total. The molecule has 4 heteroatoms. The van der Waals surface area contributed by atoms with Crippen LogP contribution in [0.5, 0.6) is 0 Å². The topological polar surface area (TPSA) is 56.1 Å². The van der Waals surface area contributed by atoms with Gasteiger partial charge in [0.05, 0.1) is 18.2 Å². The number of hydrogen-bond acceptors (Lipinski definition) is 3. The molecular weight excluding hydrogens is 262 g/mol. The molecule has 0 unspecified atom stereocenters. The Morgan fingerprint density at radius 3 is 2.67 bits per heavy atom. The fourth-order valence-corrected chi connectivity index (χ4v) is 2.28. The second kappa shape index (κ2) is 7.80. The average Bonchev–Trinajstić information content (AvgIpc) is 3.31. The highest BCUT2D eigenvalue weighted by Crippen LogP contribution is 2.27. The molecule has 0 heterocycles. The lowest BCUT2D eigenvalue weighted by molar-refractivity contribution is -0.130. The van der Waals surface area contributed by atoms with Crippen molar-refractivity contribution in [3.8, 4) is 6.07 Å². The molecule has 112 valence electrons. The van der Waals surface area contributed by atoms with E-state index in [1.807, 2.05) is 17.0 Å². The molecule has 1 fully saturated rings. The van der Waals surface area contributed by atoms with E-state index in [1.54, 1.807) is 12.1 Å². The molecule has 0 saturated heterocycles. The van der Waals surface area contributed by atoms with E-state index in [0.29, 0.717) is 18.7 Å². The monoisotopic (exact) mass is 285 g/mol. The summed E-state index contributed by atoms with van der Waals surface area (Å²) in [6, 6.07) is 9.56. The number of nitrogens with one attached hydrogen (secondary N) is 1. The van der Waals surface area contributed by atoms with Gasteiger partial charge in [0.15, 0.2) is 0 Å². The van der Waals surface area contributed by atoms with Crippen LogP contribution in [0.2, 0.25) is 0 Å². The largest absolute Gasteiger partial charge is 0.337 e. The van der Waals surface area contributed by atoms with Crippen molar-refractivity contribution in [1.29, 1.82) is 5.26 Å². The molecule has 1 aliphatic rings. The molecular formula is C17H23N3O. The van der Waals surface area contributed by atoms with Crippen LogP contribution in [0.3, 0.4) is 0 Å². The molecule has 4 nitrogen and oxygen atoms in total. The van der Waals surface area contributed by atoms with E-state index in [1.165, 1.54) is 12.8 Å². The van der Waals surface area contributed by atoms with Crippen molar-refractivity contribution >= 4 is 5.91 Å². The van der Waals surface area contributed by atoms with Gasteiger partial charge >= 0.3 is 0 Å². The fourth-order valence-electron chi connectivity index (χ4n) is 2.28. The molecule has 0 radical (unpaired) electrons. The summed E-state index contributed by atoms with van der Waals surface area (Å²) >= 11 is 0. The predicted molar refractivity (Wildman–Crippen MR) is 82.5 cm³/mol. The van der Waals surface area contributed by atoms with Gasteiger partial charge in [0, 0.05) is 13.1 Å². The lowest BCUT2D eigenvalue weighted by Crippen LogP contribution is -2.38. The molecule has 2 rings (SSSR count). The molecule has 0 aromatic heterocycles. The van der Waals surface area contributed by atoms with E-state index in [4.69, 9.17) is 5.26 Å². The zero-order valence-corrected chi connectivity index (χ0v) is 12.6. The van der Waals surface area contributed by atoms with Crippen molar-refractivity contribution in [3.63, 3.8) is 0 Å². The normalized spacial score (nSPS) is 13.7. The van der Waals surface area contributed by atoms with Crippen LogP contribution in [-0.4, -0.2) is 30.4 Å². The van der Waals surface area contributed by atoms with Gasteiger partial charge in [0.1, 0.15) is 0 Å². The van der Waals surface area contributed by atoms with Gasteiger partial charge in [-0.15, -0.1) is 0 Å². The van der Waals surface area contributed by atoms with Crippen LogP contribution in [0.4, 0.5) is 0 Å². The van der Waals surface area contributed by atoms with Crippen molar-refractivity contribution in [2.75, 3.05) is 19.6 Å². The lowest BCUT2D eigenvalue weighted by atomic mass is 10.1. The van der Waals surface area contributed by atoms with Gasteiger partial charge in [-0.05, 0) is 49.4 Å². The summed E-state index contributed by atoms with van der Waals surface area (Å²) in [7, 11) is 0. The summed E-state index contributed by atoms with van der Waals surface area (Å²) < 4.78 is 0. The highest BCUT2D eigenvalue weighted by atomic mass is 16.2. The molecule has 1 saturated carbocycles. The minimum atomic E-state index is 0.154. The van der Waals surface area contributed by atoms with E-state index < -0.39 is 0 Å². The highest BCUT2D eigenvalue weighted by Gasteiger charge is 2.21. The average molecular weight is 285 g/mol. The van der Waals surface area contributed by atoms with E-state index in [9.17, 15) is 4.79 Å².